The van der Waals surface area contributed by atoms with E-state index in [2.05, 4.69) is 4.98 Å². The van der Waals surface area contributed by atoms with Crippen molar-refractivity contribution in [1.29, 1.82) is 0 Å². The molecule has 0 spiro atoms. The zero-order valence-corrected chi connectivity index (χ0v) is 5.97. The molecule has 58 valence electrons. The molecule has 0 radical (unpaired) electrons. The molecule has 0 atom stereocenters. The lowest BCUT2D eigenvalue weighted by Crippen LogP contribution is -1.99. The molecule has 0 unspecified atom stereocenters. The Kier molecular flexibility index (Phi) is 2.05. The number of pyridine rings is 1. The van der Waals surface area contributed by atoms with Gasteiger partial charge in [0.2, 0.25) is 5.95 Å². The lowest BCUT2D eigenvalue weighted by atomic mass is 10.3. The summed E-state index contributed by atoms with van der Waals surface area (Å²) in [4.78, 5) is 13.5. The highest BCUT2D eigenvalue weighted by molar-refractivity contribution is 6.33. The average Bonchev–Trinajstić information content (AvgIpc) is 1.94. The van der Waals surface area contributed by atoms with Crippen molar-refractivity contribution in [2.24, 2.45) is 0 Å². The van der Waals surface area contributed by atoms with Crippen molar-refractivity contribution in [2.75, 3.05) is 0 Å². The van der Waals surface area contributed by atoms with Gasteiger partial charge < -0.3 is 5.11 Å². The van der Waals surface area contributed by atoms with Crippen LogP contribution in [0.1, 0.15) is 10.4 Å². The van der Waals surface area contributed by atoms with Crippen LogP contribution < -0.4 is 0 Å². The van der Waals surface area contributed by atoms with Crippen LogP contribution in [0.2, 0.25) is 5.02 Å². The molecular formula is C6H3ClFNO2. The van der Waals surface area contributed by atoms with E-state index in [0.717, 1.165) is 12.3 Å². The third-order valence-corrected chi connectivity index (χ3v) is 1.44. The number of nitrogens with zero attached hydrogens (tertiary/aromatic N) is 1. The van der Waals surface area contributed by atoms with E-state index in [1.54, 1.807) is 0 Å². The Labute approximate surface area is 66.4 Å². The predicted molar refractivity (Wildman–Crippen MR) is 36.2 cm³/mol. The van der Waals surface area contributed by atoms with Crippen LogP contribution in [0.4, 0.5) is 4.39 Å². The van der Waals surface area contributed by atoms with Crippen LogP contribution in [-0.4, -0.2) is 16.1 Å². The molecule has 0 aromatic carbocycles. The van der Waals surface area contributed by atoms with E-state index in [-0.39, 0.29) is 5.56 Å². The molecule has 0 aliphatic rings. The van der Waals surface area contributed by atoms with Gasteiger partial charge in [-0.1, -0.05) is 11.6 Å². The summed E-state index contributed by atoms with van der Waals surface area (Å²) in [6, 6.07) is 1.13. The van der Waals surface area contributed by atoms with Gasteiger partial charge in [-0.15, -0.1) is 0 Å². The fourth-order valence-corrected chi connectivity index (χ4v) is 0.776. The molecular weight excluding hydrogens is 173 g/mol. The van der Waals surface area contributed by atoms with Crippen molar-refractivity contribution in [3.05, 3.63) is 28.8 Å². The van der Waals surface area contributed by atoms with Crippen LogP contribution in [-0.2, 0) is 0 Å². The van der Waals surface area contributed by atoms with E-state index >= 15 is 0 Å². The van der Waals surface area contributed by atoms with E-state index in [1.807, 2.05) is 0 Å². The van der Waals surface area contributed by atoms with Crippen molar-refractivity contribution in [3.63, 3.8) is 0 Å². The minimum Gasteiger partial charge on any atom is -0.478 e. The minimum absolute atomic E-state index is 0.279. The second-order valence-corrected chi connectivity index (χ2v) is 2.15. The normalized spacial score (nSPS) is 9.64. The number of hydrogen-bond acceptors (Lipinski definition) is 2. The molecule has 0 aliphatic heterocycles. The van der Waals surface area contributed by atoms with Crippen molar-refractivity contribution in [2.45, 2.75) is 0 Å². The Morgan fingerprint density at radius 2 is 2.36 bits per heavy atom. The molecule has 11 heavy (non-hydrogen) atoms. The molecule has 0 saturated heterocycles. The Balaban J connectivity index is 3.27. The molecule has 3 nitrogen and oxygen atoms in total. The van der Waals surface area contributed by atoms with Crippen LogP contribution in [0.5, 0.6) is 0 Å². The molecule has 0 bridgehead atoms. The summed E-state index contributed by atoms with van der Waals surface area (Å²) in [6.07, 6.45) is 1.05. The number of carboxylic acid groups (broad SMARTS) is 1. The Morgan fingerprint density at radius 1 is 1.73 bits per heavy atom. The fourth-order valence-electron chi connectivity index (χ4n) is 0.583. The molecule has 5 heteroatoms. The smallest absolute Gasteiger partial charge is 0.337 e. The second kappa shape index (κ2) is 2.84. The van der Waals surface area contributed by atoms with Gasteiger partial charge in [-0.2, -0.15) is 4.39 Å². The number of rotatable bonds is 1. The van der Waals surface area contributed by atoms with Gasteiger partial charge in [0.25, 0.3) is 0 Å². The van der Waals surface area contributed by atoms with Gasteiger partial charge in [-0.05, 0) is 6.07 Å². The predicted octanol–water partition coefficient (Wildman–Crippen LogP) is 1.57. The summed E-state index contributed by atoms with van der Waals surface area (Å²) in [5, 5.41) is 7.95. The van der Waals surface area contributed by atoms with E-state index in [9.17, 15) is 9.18 Å². The third-order valence-electron chi connectivity index (χ3n) is 1.08. The first-order valence-electron chi connectivity index (χ1n) is 2.66. The summed E-state index contributed by atoms with van der Waals surface area (Å²) in [5.74, 6) is -2.23. The first-order valence-corrected chi connectivity index (χ1v) is 3.04. The Morgan fingerprint density at radius 3 is 2.82 bits per heavy atom. The Bertz CT molecular complexity index is 303. The maximum atomic E-state index is 12.4. The van der Waals surface area contributed by atoms with Crippen LogP contribution in [0, 0.1) is 5.95 Å². The summed E-state index contributed by atoms with van der Waals surface area (Å²) >= 11 is 5.27. The molecule has 0 fully saturated rings. The lowest BCUT2D eigenvalue weighted by Gasteiger charge is -1.96. The number of carboxylic acids is 1. The van der Waals surface area contributed by atoms with Crippen LogP contribution in [0.25, 0.3) is 0 Å². The zero-order valence-electron chi connectivity index (χ0n) is 5.21. The van der Waals surface area contributed by atoms with Crippen LogP contribution >= 0.6 is 11.6 Å². The molecule has 1 aromatic heterocycles. The number of halogens is 2. The standard InChI is InChI=1S/C6H3ClFNO2/c7-4-3(6(10)11)1-2-9-5(4)8/h1-2H,(H,10,11). The van der Waals surface area contributed by atoms with Crippen molar-refractivity contribution in [3.8, 4) is 0 Å². The highest BCUT2D eigenvalue weighted by Crippen LogP contribution is 2.16. The largest absolute Gasteiger partial charge is 0.478 e. The van der Waals surface area contributed by atoms with Crippen LogP contribution in [0.15, 0.2) is 12.3 Å². The van der Waals surface area contributed by atoms with Gasteiger partial charge in [0.05, 0.1) is 5.56 Å². The SMILES string of the molecule is O=C(O)c1ccnc(F)c1Cl. The summed E-state index contributed by atoms with van der Waals surface area (Å²) in [6.45, 7) is 0. The van der Waals surface area contributed by atoms with Crippen molar-refractivity contribution >= 4 is 17.6 Å². The zero-order chi connectivity index (χ0) is 8.43. The second-order valence-electron chi connectivity index (χ2n) is 1.77. The lowest BCUT2D eigenvalue weighted by molar-refractivity contribution is 0.0696. The number of hydrogen-bond donors (Lipinski definition) is 1. The minimum atomic E-state index is -1.27. The average molecular weight is 176 g/mol. The first kappa shape index (κ1) is 7.94. The van der Waals surface area contributed by atoms with E-state index in [1.165, 1.54) is 0 Å². The van der Waals surface area contributed by atoms with Gasteiger partial charge in [0, 0.05) is 6.20 Å². The summed E-state index contributed by atoms with van der Waals surface area (Å²) in [7, 11) is 0. The van der Waals surface area contributed by atoms with E-state index in [4.69, 9.17) is 16.7 Å². The topological polar surface area (TPSA) is 50.2 Å². The van der Waals surface area contributed by atoms with Crippen molar-refractivity contribution < 1.29 is 14.3 Å². The van der Waals surface area contributed by atoms with Crippen molar-refractivity contribution in [1.82, 2.24) is 4.98 Å². The van der Waals surface area contributed by atoms with Gasteiger partial charge in [-0.25, -0.2) is 9.78 Å². The fraction of sp³-hybridized carbons (Fsp3) is 0. The monoisotopic (exact) mass is 175 g/mol. The molecule has 0 saturated carbocycles. The van der Waals surface area contributed by atoms with Gasteiger partial charge >= 0.3 is 5.97 Å². The summed E-state index contributed by atoms with van der Waals surface area (Å²) < 4.78 is 12.4. The molecule has 1 aromatic rings. The van der Waals surface area contributed by atoms with Crippen LogP contribution in [0.3, 0.4) is 0 Å². The van der Waals surface area contributed by atoms with Gasteiger partial charge in [-0.3, -0.25) is 0 Å². The molecule has 0 amide bonds. The highest BCUT2D eigenvalue weighted by Gasteiger charge is 2.12. The molecule has 1 heterocycles. The quantitative estimate of drug-likeness (QED) is 0.660. The number of aromatic nitrogens is 1. The molecule has 0 aliphatic carbocycles. The molecule has 1 rings (SSSR count). The number of carbonyl (C=O) groups is 1. The molecule has 1 N–H and O–H groups in total. The van der Waals surface area contributed by atoms with Gasteiger partial charge in [0.15, 0.2) is 0 Å². The third kappa shape index (κ3) is 1.46. The highest BCUT2D eigenvalue weighted by atomic mass is 35.5. The maximum absolute atomic E-state index is 12.4. The maximum Gasteiger partial charge on any atom is 0.337 e. The van der Waals surface area contributed by atoms with E-state index < -0.39 is 16.9 Å². The Hall–Kier alpha value is -1.16. The first-order chi connectivity index (χ1) is 5.13. The number of aromatic carboxylic acids is 1. The van der Waals surface area contributed by atoms with Gasteiger partial charge in [0.1, 0.15) is 5.02 Å². The van der Waals surface area contributed by atoms with E-state index in [0.29, 0.717) is 0 Å². The summed E-state index contributed by atoms with van der Waals surface area (Å²) in [5.41, 5.74) is -0.279.